The summed E-state index contributed by atoms with van der Waals surface area (Å²) in [4.78, 5) is 24.6. The Morgan fingerprint density at radius 1 is 1.39 bits per heavy atom. The number of amides is 2. The minimum absolute atomic E-state index is 0.0519. The molecule has 1 aliphatic carbocycles. The van der Waals surface area contributed by atoms with E-state index in [4.69, 9.17) is 4.74 Å². The predicted octanol–water partition coefficient (Wildman–Crippen LogP) is 2.42. The van der Waals surface area contributed by atoms with Gasteiger partial charge in [-0.2, -0.15) is 8.42 Å². The Bertz CT molecular complexity index is 1170. The standard InChI is InChI=1S/C20H20F3N3O6S/c1-12(27)24-9-15-10-26(19(28)31-15)20(11-25-32-33(2,29)30)7-16(22)18(17(23)8-20)13-4-3-5-14(21)6-13/h3-7,11,15H,8-10H2,1-2H3,(H,24,27)/t15-,20?/m0/s1. The van der Waals surface area contributed by atoms with Gasteiger partial charge in [0.2, 0.25) is 5.91 Å². The summed E-state index contributed by atoms with van der Waals surface area (Å²) in [6.45, 7) is 1.01. The third-order valence-corrected chi connectivity index (χ3v) is 5.21. The van der Waals surface area contributed by atoms with E-state index in [9.17, 15) is 22.4 Å². The molecule has 1 aromatic carbocycles. The summed E-state index contributed by atoms with van der Waals surface area (Å²) in [5.74, 6) is -3.25. The maximum atomic E-state index is 15.2. The van der Waals surface area contributed by atoms with Crippen LogP contribution in [0.4, 0.5) is 18.0 Å². The van der Waals surface area contributed by atoms with E-state index in [1.54, 1.807) is 0 Å². The van der Waals surface area contributed by atoms with Crippen molar-refractivity contribution in [1.82, 2.24) is 10.2 Å². The average Bonchev–Trinajstić information content (AvgIpc) is 3.06. The first-order valence-electron chi connectivity index (χ1n) is 9.59. The highest BCUT2D eigenvalue weighted by molar-refractivity contribution is 7.85. The van der Waals surface area contributed by atoms with Crippen LogP contribution in [0.3, 0.4) is 0 Å². The van der Waals surface area contributed by atoms with Gasteiger partial charge < -0.3 is 10.1 Å². The highest BCUT2D eigenvalue weighted by Crippen LogP contribution is 2.42. The van der Waals surface area contributed by atoms with Gasteiger partial charge >= 0.3 is 16.2 Å². The Kier molecular flexibility index (Phi) is 6.81. The lowest BCUT2D eigenvalue weighted by Crippen LogP contribution is -2.51. The molecule has 33 heavy (non-hydrogen) atoms. The number of hydrogen-bond acceptors (Lipinski definition) is 7. The van der Waals surface area contributed by atoms with Gasteiger partial charge in [0.15, 0.2) is 0 Å². The fraction of sp³-hybridized carbons (Fsp3) is 0.350. The van der Waals surface area contributed by atoms with E-state index < -0.39 is 57.3 Å². The Balaban J connectivity index is 1.99. The smallest absolute Gasteiger partial charge is 0.411 e. The fourth-order valence-electron chi connectivity index (χ4n) is 3.49. The van der Waals surface area contributed by atoms with Crippen molar-refractivity contribution in [3.8, 4) is 0 Å². The number of carbonyl (C=O) groups excluding carboxylic acids is 2. The van der Waals surface area contributed by atoms with E-state index in [0.29, 0.717) is 6.26 Å². The van der Waals surface area contributed by atoms with Crippen LogP contribution in [0.1, 0.15) is 18.9 Å². The molecule has 1 aromatic rings. The van der Waals surface area contributed by atoms with Gasteiger partial charge in [0, 0.05) is 18.9 Å². The number of nitrogens with zero attached hydrogens (tertiary/aromatic N) is 2. The first-order valence-corrected chi connectivity index (χ1v) is 11.4. The van der Waals surface area contributed by atoms with Crippen LogP contribution in [-0.4, -0.2) is 62.5 Å². The van der Waals surface area contributed by atoms with Crippen molar-refractivity contribution in [3.63, 3.8) is 0 Å². The maximum absolute atomic E-state index is 15.2. The summed E-state index contributed by atoms with van der Waals surface area (Å²) in [7, 11) is -4.05. The van der Waals surface area contributed by atoms with Crippen molar-refractivity contribution in [2.24, 2.45) is 5.16 Å². The SMILES string of the molecule is CC(=O)NC[C@H]1CN(C2(C=NOS(C)(=O)=O)C=C(F)C(c3cccc(F)c3)=C(F)C2)C(=O)O1. The van der Waals surface area contributed by atoms with E-state index in [1.807, 2.05) is 0 Å². The molecule has 0 bridgehead atoms. The second kappa shape index (κ2) is 9.25. The number of nitrogens with one attached hydrogen (secondary N) is 1. The number of hydrogen-bond donors (Lipinski definition) is 1. The number of benzene rings is 1. The molecule has 1 fully saturated rings. The molecular formula is C20H20F3N3O6S. The van der Waals surface area contributed by atoms with Crippen LogP contribution >= 0.6 is 0 Å². The maximum Gasteiger partial charge on any atom is 0.411 e. The minimum atomic E-state index is -4.05. The highest BCUT2D eigenvalue weighted by Gasteiger charge is 2.48. The van der Waals surface area contributed by atoms with Crippen molar-refractivity contribution in [2.45, 2.75) is 25.0 Å². The molecule has 2 aliphatic rings. The molecule has 3 rings (SSSR count). The van der Waals surface area contributed by atoms with Crippen molar-refractivity contribution in [1.29, 1.82) is 0 Å². The monoisotopic (exact) mass is 487 g/mol. The molecule has 2 atom stereocenters. The van der Waals surface area contributed by atoms with Crippen LogP contribution in [0.25, 0.3) is 5.57 Å². The van der Waals surface area contributed by atoms with E-state index in [2.05, 4.69) is 14.8 Å². The zero-order valence-corrected chi connectivity index (χ0v) is 18.4. The lowest BCUT2D eigenvalue weighted by Gasteiger charge is -2.36. The molecule has 0 radical (unpaired) electrons. The second-order valence-corrected chi connectivity index (χ2v) is 9.07. The molecule has 178 valence electrons. The van der Waals surface area contributed by atoms with Gasteiger partial charge in [0.05, 0.1) is 25.6 Å². The lowest BCUT2D eigenvalue weighted by atomic mass is 9.84. The van der Waals surface area contributed by atoms with Crippen molar-refractivity contribution in [3.05, 3.63) is 53.4 Å². The third kappa shape index (κ3) is 5.72. The van der Waals surface area contributed by atoms with Gasteiger partial charge in [-0.25, -0.2) is 18.0 Å². The zero-order valence-electron chi connectivity index (χ0n) is 17.5. The van der Waals surface area contributed by atoms with E-state index >= 15 is 8.78 Å². The van der Waals surface area contributed by atoms with E-state index in [-0.39, 0.29) is 24.6 Å². The predicted molar refractivity (Wildman–Crippen MR) is 111 cm³/mol. The first-order chi connectivity index (χ1) is 15.4. The largest absolute Gasteiger partial charge is 0.442 e. The molecule has 0 spiro atoms. The molecular weight excluding hydrogens is 467 g/mol. The van der Waals surface area contributed by atoms with Crippen molar-refractivity contribution >= 4 is 33.9 Å². The number of allylic oxidation sites excluding steroid dienone is 2. The molecule has 1 saturated heterocycles. The van der Waals surface area contributed by atoms with Crippen LogP contribution < -0.4 is 5.32 Å². The van der Waals surface area contributed by atoms with E-state index in [1.165, 1.54) is 19.1 Å². The summed E-state index contributed by atoms with van der Waals surface area (Å²) in [5, 5.41) is 5.77. The average molecular weight is 487 g/mol. The van der Waals surface area contributed by atoms with Crippen LogP contribution in [0.5, 0.6) is 0 Å². The lowest BCUT2D eigenvalue weighted by molar-refractivity contribution is -0.119. The molecule has 2 amide bonds. The quantitative estimate of drug-likeness (QED) is 0.467. The second-order valence-electron chi connectivity index (χ2n) is 7.52. The topological polar surface area (TPSA) is 114 Å². The van der Waals surface area contributed by atoms with Gasteiger partial charge in [0.1, 0.15) is 29.1 Å². The normalized spacial score (nSPS) is 23.5. The number of ether oxygens (including phenoxy) is 1. The Hall–Kier alpha value is -3.35. The third-order valence-electron chi connectivity index (χ3n) is 4.85. The summed E-state index contributed by atoms with van der Waals surface area (Å²) in [5.41, 5.74) is -2.51. The highest BCUT2D eigenvalue weighted by atomic mass is 32.2. The Morgan fingerprint density at radius 2 is 2.12 bits per heavy atom. The number of oxime groups is 1. The minimum Gasteiger partial charge on any atom is -0.442 e. The van der Waals surface area contributed by atoms with Gasteiger partial charge in [-0.1, -0.05) is 17.3 Å². The van der Waals surface area contributed by atoms with Gasteiger partial charge in [0.25, 0.3) is 0 Å². The van der Waals surface area contributed by atoms with Crippen molar-refractivity contribution in [2.75, 3.05) is 19.3 Å². The van der Waals surface area contributed by atoms with E-state index in [0.717, 1.165) is 29.3 Å². The summed E-state index contributed by atoms with van der Waals surface area (Å²) in [6.07, 6.45) is -0.127. The molecule has 0 aromatic heterocycles. The Labute approximate surface area is 187 Å². The molecule has 9 nitrogen and oxygen atoms in total. The number of cyclic esters (lactones) is 1. The number of carbonyl (C=O) groups is 2. The van der Waals surface area contributed by atoms with Gasteiger partial charge in [-0.05, 0) is 23.8 Å². The first kappa shape index (κ1) is 24.3. The van der Waals surface area contributed by atoms with Gasteiger partial charge in [-0.15, -0.1) is 0 Å². The van der Waals surface area contributed by atoms with Crippen LogP contribution in [0, 0.1) is 5.82 Å². The molecule has 1 aliphatic heterocycles. The summed E-state index contributed by atoms with van der Waals surface area (Å²) in [6, 6.07) is 4.66. The number of halogens is 3. The van der Waals surface area contributed by atoms with Crippen LogP contribution in [-0.2, 0) is 23.9 Å². The molecule has 13 heteroatoms. The fourth-order valence-corrected chi connectivity index (χ4v) is 3.69. The van der Waals surface area contributed by atoms with Crippen LogP contribution in [0.15, 0.2) is 47.2 Å². The van der Waals surface area contributed by atoms with Crippen LogP contribution in [0.2, 0.25) is 0 Å². The molecule has 1 heterocycles. The van der Waals surface area contributed by atoms with Gasteiger partial charge in [-0.3, -0.25) is 14.0 Å². The van der Waals surface area contributed by atoms with Crippen molar-refractivity contribution < 1.29 is 40.2 Å². The molecule has 1 N–H and O–H groups in total. The molecule has 0 saturated carbocycles. The molecule has 1 unspecified atom stereocenters. The summed E-state index contributed by atoms with van der Waals surface area (Å²) < 4.78 is 76.0. The zero-order chi connectivity index (χ0) is 24.4. The Morgan fingerprint density at radius 3 is 2.73 bits per heavy atom. The summed E-state index contributed by atoms with van der Waals surface area (Å²) >= 11 is 0. The number of rotatable bonds is 7.